The number of anilines is 1. The summed E-state index contributed by atoms with van der Waals surface area (Å²) >= 11 is 0. The minimum atomic E-state index is -0.406. The standard InChI is InChI=1S/C11H14N2O2/c1-4-15-11(14)9(2)13(3)10-5-7-12-8-6-10/h5-8H,2,4H2,1,3H3. The van der Waals surface area contributed by atoms with Gasteiger partial charge in [-0.3, -0.25) is 4.98 Å². The van der Waals surface area contributed by atoms with Gasteiger partial charge in [0.15, 0.2) is 0 Å². The third kappa shape index (κ3) is 2.80. The van der Waals surface area contributed by atoms with E-state index in [-0.39, 0.29) is 0 Å². The highest BCUT2D eigenvalue weighted by atomic mass is 16.5. The van der Waals surface area contributed by atoms with Crippen LogP contribution in [0.4, 0.5) is 5.69 Å². The first-order chi connectivity index (χ1) is 7.16. The Balaban J connectivity index is 2.73. The lowest BCUT2D eigenvalue weighted by Crippen LogP contribution is -2.23. The van der Waals surface area contributed by atoms with Gasteiger partial charge >= 0.3 is 5.97 Å². The molecule has 1 rings (SSSR count). The first kappa shape index (κ1) is 11.2. The van der Waals surface area contributed by atoms with Crippen LogP contribution in [0, 0.1) is 0 Å². The quantitative estimate of drug-likeness (QED) is 0.554. The van der Waals surface area contributed by atoms with Gasteiger partial charge in [0.1, 0.15) is 5.70 Å². The van der Waals surface area contributed by atoms with Crippen LogP contribution in [0.1, 0.15) is 6.92 Å². The van der Waals surface area contributed by atoms with E-state index < -0.39 is 5.97 Å². The number of carbonyl (C=O) groups is 1. The van der Waals surface area contributed by atoms with Gasteiger partial charge in [-0.2, -0.15) is 0 Å². The second-order valence-electron chi connectivity index (χ2n) is 2.93. The Morgan fingerprint density at radius 3 is 2.67 bits per heavy atom. The fourth-order valence-corrected chi connectivity index (χ4v) is 1.07. The van der Waals surface area contributed by atoms with E-state index in [1.807, 2.05) is 0 Å². The molecule has 0 atom stereocenters. The molecular weight excluding hydrogens is 192 g/mol. The second kappa shape index (κ2) is 5.14. The van der Waals surface area contributed by atoms with Gasteiger partial charge in [-0.25, -0.2) is 4.79 Å². The molecule has 0 N–H and O–H groups in total. The van der Waals surface area contributed by atoms with Gasteiger partial charge in [0.25, 0.3) is 0 Å². The fourth-order valence-electron chi connectivity index (χ4n) is 1.07. The number of nitrogens with zero attached hydrogens (tertiary/aromatic N) is 2. The number of hydrogen-bond donors (Lipinski definition) is 0. The van der Waals surface area contributed by atoms with Gasteiger partial charge in [0.2, 0.25) is 0 Å². The van der Waals surface area contributed by atoms with Crippen molar-refractivity contribution in [1.29, 1.82) is 0 Å². The van der Waals surface area contributed by atoms with Crippen molar-refractivity contribution in [3.63, 3.8) is 0 Å². The minimum Gasteiger partial charge on any atom is -0.461 e. The zero-order valence-electron chi connectivity index (χ0n) is 8.93. The van der Waals surface area contributed by atoms with Crippen LogP contribution in [0.15, 0.2) is 36.8 Å². The molecule has 0 radical (unpaired) electrons. The smallest absolute Gasteiger partial charge is 0.354 e. The highest BCUT2D eigenvalue weighted by Crippen LogP contribution is 2.15. The molecular formula is C11H14N2O2. The Kier molecular flexibility index (Phi) is 3.85. The monoisotopic (exact) mass is 206 g/mol. The summed E-state index contributed by atoms with van der Waals surface area (Å²) in [5.41, 5.74) is 1.16. The average molecular weight is 206 g/mol. The lowest BCUT2D eigenvalue weighted by atomic mass is 10.3. The van der Waals surface area contributed by atoms with E-state index in [2.05, 4.69) is 11.6 Å². The van der Waals surface area contributed by atoms with E-state index in [1.165, 1.54) is 0 Å². The Morgan fingerprint density at radius 2 is 2.13 bits per heavy atom. The van der Waals surface area contributed by atoms with Crippen molar-refractivity contribution in [2.75, 3.05) is 18.6 Å². The zero-order valence-corrected chi connectivity index (χ0v) is 8.93. The molecule has 1 aromatic rings. The maximum atomic E-state index is 11.4. The predicted molar refractivity (Wildman–Crippen MR) is 58.4 cm³/mol. The molecule has 4 nitrogen and oxygen atoms in total. The summed E-state index contributed by atoms with van der Waals surface area (Å²) in [6.07, 6.45) is 3.31. The number of pyridine rings is 1. The zero-order chi connectivity index (χ0) is 11.3. The third-order valence-corrected chi connectivity index (χ3v) is 1.97. The Bertz CT molecular complexity index is 349. The normalized spacial score (nSPS) is 9.47. The summed E-state index contributed by atoms with van der Waals surface area (Å²) in [6.45, 7) is 5.79. The number of aromatic nitrogens is 1. The summed E-state index contributed by atoms with van der Waals surface area (Å²) in [4.78, 5) is 16.9. The molecule has 0 amide bonds. The molecule has 0 fully saturated rings. The molecule has 1 aromatic heterocycles. The summed E-state index contributed by atoms with van der Waals surface area (Å²) in [5.74, 6) is -0.406. The van der Waals surface area contributed by atoms with Crippen LogP contribution in [0.2, 0.25) is 0 Å². The van der Waals surface area contributed by atoms with Gasteiger partial charge < -0.3 is 9.64 Å². The van der Waals surface area contributed by atoms with E-state index in [9.17, 15) is 4.79 Å². The summed E-state index contributed by atoms with van der Waals surface area (Å²) in [5, 5.41) is 0. The number of hydrogen-bond acceptors (Lipinski definition) is 4. The predicted octanol–water partition coefficient (Wildman–Crippen LogP) is 1.59. The van der Waals surface area contributed by atoms with E-state index in [0.29, 0.717) is 12.3 Å². The largest absolute Gasteiger partial charge is 0.461 e. The molecule has 4 heteroatoms. The Morgan fingerprint density at radius 1 is 1.53 bits per heavy atom. The van der Waals surface area contributed by atoms with E-state index in [0.717, 1.165) is 5.69 Å². The van der Waals surface area contributed by atoms with Crippen LogP contribution in [0.3, 0.4) is 0 Å². The van der Waals surface area contributed by atoms with Gasteiger partial charge in [-0.1, -0.05) is 6.58 Å². The average Bonchev–Trinajstić information content (AvgIpc) is 2.28. The van der Waals surface area contributed by atoms with Crippen LogP contribution in [-0.4, -0.2) is 24.6 Å². The number of carbonyl (C=O) groups excluding carboxylic acids is 1. The van der Waals surface area contributed by atoms with Crippen molar-refractivity contribution in [1.82, 2.24) is 4.98 Å². The molecule has 0 aliphatic rings. The molecule has 0 unspecified atom stereocenters. The van der Waals surface area contributed by atoms with Crippen molar-refractivity contribution in [3.8, 4) is 0 Å². The number of ether oxygens (including phenoxy) is 1. The maximum absolute atomic E-state index is 11.4. The topological polar surface area (TPSA) is 42.4 Å². The van der Waals surface area contributed by atoms with Gasteiger partial charge in [0.05, 0.1) is 6.61 Å². The third-order valence-electron chi connectivity index (χ3n) is 1.97. The highest BCUT2D eigenvalue weighted by molar-refractivity contribution is 5.91. The number of esters is 1. The molecule has 0 bridgehead atoms. The highest BCUT2D eigenvalue weighted by Gasteiger charge is 2.13. The molecule has 1 heterocycles. The van der Waals surface area contributed by atoms with E-state index >= 15 is 0 Å². The van der Waals surface area contributed by atoms with Gasteiger partial charge in [0, 0.05) is 25.1 Å². The van der Waals surface area contributed by atoms with Crippen molar-refractivity contribution in [2.45, 2.75) is 6.92 Å². The Hall–Kier alpha value is -1.84. The summed E-state index contributed by atoms with van der Waals surface area (Å²) in [6, 6.07) is 3.59. The van der Waals surface area contributed by atoms with Crippen molar-refractivity contribution in [3.05, 3.63) is 36.8 Å². The van der Waals surface area contributed by atoms with Crippen LogP contribution in [0.5, 0.6) is 0 Å². The molecule has 0 aliphatic carbocycles. The van der Waals surface area contributed by atoms with E-state index in [4.69, 9.17) is 4.74 Å². The van der Waals surface area contributed by atoms with Crippen molar-refractivity contribution < 1.29 is 9.53 Å². The SMILES string of the molecule is C=C(C(=O)OCC)N(C)c1ccncc1. The van der Waals surface area contributed by atoms with Crippen molar-refractivity contribution >= 4 is 11.7 Å². The van der Waals surface area contributed by atoms with E-state index in [1.54, 1.807) is 43.4 Å². The van der Waals surface area contributed by atoms with Crippen LogP contribution >= 0.6 is 0 Å². The Labute approximate surface area is 89.2 Å². The molecule has 15 heavy (non-hydrogen) atoms. The first-order valence-corrected chi connectivity index (χ1v) is 4.66. The van der Waals surface area contributed by atoms with Crippen molar-refractivity contribution in [2.24, 2.45) is 0 Å². The molecule has 0 saturated carbocycles. The molecule has 80 valence electrons. The van der Waals surface area contributed by atoms with Crippen LogP contribution in [-0.2, 0) is 9.53 Å². The molecule has 0 saturated heterocycles. The molecule has 0 aliphatic heterocycles. The maximum Gasteiger partial charge on any atom is 0.354 e. The van der Waals surface area contributed by atoms with Crippen LogP contribution < -0.4 is 4.90 Å². The molecule has 0 spiro atoms. The lowest BCUT2D eigenvalue weighted by Gasteiger charge is -2.19. The molecule has 0 aromatic carbocycles. The lowest BCUT2D eigenvalue weighted by molar-refractivity contribution is -0.138. The summed E-state index contributed by atoms with van der Waals surface area (Å²) < 4.78 is 4.85. The first-order valence-electron chi connectivity index (χ1n) is 4.66. The van der Waals surface area contributed by atoms with Gasteiger partial charge in [-0.05, 0) is 19.1 Å². The number of likely N-dealkylation sites (N-methyl/N-ethyl adjacent to an activating group) is 1. The number of rotatable bonds is 4. The fraction of sp³-hybridized carbons (Fsp3) is 0.273. The van der Waals surface area contributed by atoms with Crippen LogP contribution in [0.25, 0.3) is 0 Å². The van der Waals surface area contributed by atoms with Gasteiger partial charge in [-0.15, -0.1) is 0 Å². The minimum absolute atomic E-state index is 0.308. The summed E-state index contributed by atoms with van der Waals surface area (Å²) in [7, 11) is 1.76. The second-order valence-corrected chi connectivity index (χ2v) is 2.93.